The Kier molecular flexibility index (Phi) is 3.98. The Morgan fingerprint density at radius 1 is 1.45 bits per heavy atom. The van der Waals surface area contributed by atoms with E-state index in [1.54, 1.807) is 18.1 Å². The fraction of sp³-hybridized carbons (Fsp3) is 0.308. The van der Waals surface area contributed by atoms with E-state index in [1.807, 2.05) is 34.7 Å². The molecule has 0 unspecified atom stereocenters. The number of fused-ring (bicyclic) bond motifs is 1. The van der Waals surface area contributed by atoms with Crippen molar-refractivity contribution in [2.45, 2.75) is 10.1 Å². The van der Waals surface area contributed by atoms with E-state index in [-0.39, 0.29) is 5.91 Å². The van der Waals surface area contributed by atoms with Crippen molar-refractivity contribution >= 4 is 35.1 Å². The van der Waals surface area contributed by atoms with Crippen LogP contribution in [0.15, 0.2) is 40.6 Å². The molecule has 104 valence electrons. The smallest absolute Gasteiger partial charge is 0.237 e. The standard InChI is InChI=1S/C13H14N4OS2/c1-16-9-14-15-13(16)20-8-12(18)17-6-7-19-11-5-3-2-4-10(11)17/h2-5,9H,6-8H2,1H3. The summed E-state index contributed by atoms with van der Waals surface area (Å²) < 4.78 is 1.82. The topological polar surface area (TPSA) is 51.0 Å². The molecule has 1 aromatic carbocycles. The number of hydrogen-bond acceptors (Lipinski definition) is 5. The number of benzene rings is 1. The molecule has 0 fully saturated rings. The lowest BCUT2D eigenvalue weighted by molar-refractivity contribution is -0.116. The molecule has 0 atom stereocenters. The number of carbonyl (C=O) groups excluding carboxylic acids is 1. The quantitative estimate of drug-likeness (QED) is 0.812. The van der Waals surface area contributed by atoms with Crippen molar-refractivity contribution in [3.63, 3.8) is 0 Å². The third kappa shape index (κ3) is 2.69. The summed E-state index contributed by atoms with van der Waals surface area (Å²) in [5.74, 6) is 1.44. The molecule has 1 aromatic heterocycles. The van der Waals surface area contributed by atoms with Gasteiger partial charge in [0, 0.05) is 24.2 Å². The van der Waals surface area contributed by atoms with E-state index in [1.165, 1.54) is 16.7 Å². The number of rotatable bonds is 3. The number of amides is 1. The molecule has 7 heteroatoms. The SMILES string of the molecule is Cn1cnnc1SCC(=O)N1CCSc2ccccc21. The summed E-state index contributed by atoms with van der Waals surface area (Å²) in [5, 5.41) is 8.55. The molecule has 1 aliphatic heterocycles. The molecule has 0 saturated carbocycles. The van der Waals surface area contributed by atoms with Crippen LogP contribution in [0.25, 0.3) is 0 Å². The molecule has 0 spiro atoms. The van der Waals surface area contributed by atoms with Crippen molar-refractivity contribution in [3.8, 4) is 0 Å². The second-order valence-electron chi connectivity index (χ2n) is 4.37. The zero-order chi connectivity index (χ0) is 13.9. The van der Waals surface area contributed by atoms with Gasteiger partial charge in [-0.25, -0.2) is 0 Å². The molecule has 3 rings (SSSR count). The maximum atomic E-state index is 12.4. The molecule has 20 heavy (non-hydrogen) atoms. The highest BCUT2D eigenvalue weighted by molar-refractivity contribution is 8.00. The van der Waals surface area contributed by atoms with Crippen LogP contribution in [-0.2, 0) is 11.8 Å². The van der Waals surface area contributed by atoms with Crippen molar-refractivity contribution < 1.29 is 4.79 Å². The molecule has 0 N–H and O–H groups in total. The first-order valence-electron chi connectivity index (χ1n) is 6.24. The van der Waals surface area contributed by atoms with E-state index in [0.29, 0.717) is 5.75 Å². The Hall–Kier alpha value is -1.47. The number of anilines is 1. The van der Waals surface area contributed by atoms with Crippen molar-refractivity contribution in [2.24, 2.45) is 7.05 Å². The Balaban J connectivity index is 1.71. The van der Waals surface area contributed by atoms with Gasteiger partial charge < -0.3 is 9.47 Å². The summed E-state index contributed by atoms with van der Waals surface area (Å²) in [6.07, 6.45) is 1.64. The van der Waals surface area contributed by atoms with Crippen molar-refractivity contribution in [1.29, 1.82) is 0 Å². The molecule has 2 aromatic rings. The molecular formula is C13H14N4OS2. The summed E-state index contributed by atoms with van der Waals surface area (Å²) >= 11 is 3.22. The number of para-hydroxylation sites is 1. The van der Waals surface area contributed by atoms with Gasteiger partial charge in [-0.1, -0.05) is 23.9 Å². The first-order valence-corrected chi connectivity index (χ1v) is 8.22. The lowest BCUT2D eigenvalue weighted by Gasteiger charge is -2.28. The van der Waals surface area contributed by atoms with Crippen LogP contribution in [0.4, 0.5) is 5.69 Å². The number of hydrogen-bond donors (Lipinski definition) is 0. The van der Waals surface area contributed by atoms with Crippen LogP contribution in [0.5, 0.6) is 0 Å². The molecule has 0 aliphatic carbocycles. The van der Waals surface area contributed by atoms with Crippen LogP contribution in [0.2, 0.25) is 0 Å². The minimum absolute atomic E-state index is 0.116. The van der Waals surface area contributed by atoms with Gasteiger partial charge in [-0.2, -0.15) is 0 Å². The highest BCUT2D eigenvalue weighted by Crippen LogP contribution is 2.34. The second kappa shape index (κ2) is 5.88. The first-order chi connectivity index (χ1) is 9.75. The Bertz CT molecular complexity index is 628. The monoisotopic (exact) mass is 306 g/mol. The minimum atomic E-state index is 0.116. The van der Waals surface area contributed by atoms with Gasteiger partial charge in [0.25, 0.3) is 0 Å². The summed E-state index contributed by atoms with van der Waals surface area (Å²) in [7, 11) is 1.87. The van der Waals surface area contributed by atoms with E-state index in [0.717, 1.165) is 23.1 Å². The first kappa shape index (κ1) is 13.5. The van der Waals surface area contributed by atoms with Gasteiger partial charge in [0.05, 0.1) is 11.4 Å². The van der Waals surface area contributed by atoms with Crippen molar-refractivity contribution in [3.05, 3.63) is 30.6 Å². The van der Waals surface area contributed by atoms with Gasteiger partial charge in [-0.3, -0.25) is 4.79 Å². The molecule has 5 nitrogen and oxygen atoms in total. The van der Waals surface area contributed by atoms with Gasteiger partial charge in [-0.15, -0.1) is 22.0 Å². The van der Waals surface area contributed by atoms with E-state index in [4.69, 9.17) is 0 Å². The average Bonchev–Trinajstić information content (AvgIpc) is 2.89. The molecule has 1 amide bonds. The largest absolute Gasteiger partial charge is 0.312 e. The van der Waals surface area contributed by atoms with E-state index in [9.17, 15) is 4.79 Å². The molecule has 1 aliphatic rings. The van der Waals surface area contributed by atoms with Gasteiger partial charge in [0.1, 0.15) is 6.33 Å². The lowest BCUT2D eigenvalue weighted by Crippen LogP contribution is -2.36. The number of thioether (sulfide) groups is 2. The summed E-state index contributed by atoms with van der Waals surface area (Å²) in [6, 6.07) is 8.05. The lowest BCUT2D eigenvalue weighted by atomic mass is 10.3. The predicted molar refractivity (Wildman–Crippen MR) is 81.2 cm³/mol. The fourth-order valence-electron chi connectivity index (χ4n) is 2.04. The zero-order valence-electron chi connectivity index (χ0n) is 11.0. The van der Waals surface area contributed by atoms with Crippen LogP contribution in [0.3, 0.4) is 0 Å². The summed E-state index contributed by atoms with van der Waals surface area (Å²) in [6.45, 7) is 0.764. The Morgan fingerprint density at radius 3 is 3.10 bits per heavy atom. The summed E-state index contributed by atoms with van der Waals surface area (Å²) in [5.41, 5.74) is 1.02. The van der Waals surface area contributed by atoms with Crippen LogP contribution < -0.4 is 4.90 Å². The van der Waals surface area contributed by atoms with Gasteiger partial charge in [0.2, 0.25) is 5.91 Å². The highest BCUT2D eigenvalue weighted by atomic mass is 32.2. The van der Waals surface area contributed by atoms with E-state index in [2.05, 4.69) is 16.3 Å². The second-order valence-corrected chi connectivity index (χ2v) is 6.45. The van der Waals surface area contributed by atoms with Crippen molar-refractivity contribution in [2.75, 3.05) is 23.0 Å². The number of carbonyl (C=O) groups is 1. The Morgan fingerprint density at radius 2 is 2.30 bits per heavy atom. The maximum Gasteiger partial charge on any atom is 0.237 e. The van der Waals surface area contributed by atoms with E-state index < -0.39 is 0 Å². The molecular weight excluding hydrogens is 292 g/mol. The predicted octanol–water partition coefficient (Wildman–Crippen LogP) is 2.05. The normalized spacial score (nSPS) is 14.2. The average molecular weight is 306 g/mol. The number of nitrogens with zero attached hydrogens (tertiary/aromatic N) is 4. The van der Waals surface area contributed by atoms with Crippen LogP contribution >= 0.6 is 23.5 Å². The third-order valence-corrected chi connectivity index (χ3v) is 5.09. The number of aromatic nitrogens is 3. The molecule has 0 radical (unpaired) electrons. The fourth-order valence-corrected chi connectivity index (χ4v) is 3.79. The number of aryl methyl sites for hydroxylation is 1. The highest BCUT2D eigenvalue weighted by Gasteiger charge is 2.22. The van der Waals surface area contributed by atoms with Gasteiger partial charge in [-0.05, 0) is 12.1 Å². The minimum Gasteiger partial charge on any atom is -0.312 e. The van der Waals surface area contributed by atoms with Crippen LogP contribution in [0.1, 0.15) is 0 Å². The zero-order valence-corrected chi connectivity index (χ0v) is 12.7. The van der Waals surface area contributed by atoms with E-state index >= 15 is 0 Å². The van der Waals surface area contributed by atoms with Crippen LogP contribution in [0, 0.1) is 0 Å². The molecule has 0 bridgehead atoms. The van der Waals surface area contributed by atoms with Gasteiger partial charge >= 0.3 is 0 Å². The summed E-state index contributed by atoms with van der Waals surface area (Å²) in [4.78, 5) is 15.5. The Labute approximate surface area is 125 Å². The molecule has 0 saturated heterocycles. The van der Waals surface area contributed by atoms with Gasteiger partial charge in [0.15, 0.2) is 5.16 Å². The maximum absolute atomic E-state index is 12.4. The molecule has 2 heterocycles. The van der Waals surface area contributed by atoms with Crippen LogP contribution in [-0.4, -0.2) is 38.7 Å². The van der Waals surface area contributed by atoms with Crippen molar-refractivity contribution in [1.82, 2.24) is 14.8 Å². The third-order valence-electron chi connectivity index (χ3n) is 3.02.